The fraction of sp³-hybridized carbons (Fsp3) is 0.0606. The van der Waals surface area contributed by atoms with E-state index in [1.807, 2.05) is 93.0 Å². The second-order valence-electron chi connectivity index (χ2n) is 18.5. The number of nitrogens with zero attached hydrogens (tertiary/aromatic N) is 4. The van der Waals surface area contributed by atoms with Gasteiger partial charge in [-0.1, -0.05) is 127 Å². The molecule has 12 heteroatoms. The third kappa shape index (κ3) is 9.84. The number of nitro groups is 1. The van der Waals surface area contributed by atoms with E-state index >= 15 is 0 Å². The van der Waals surface area contributed by atoms with E-state index in [2.05, 4.69) is 119 Å². The Kier molecular flexibility index (Phi) is 13.4. The first-order chi connectivity index (χ1) is 38.0. The summed E-state index contributed by atoms with van der Waals surface area (Å²) in [7, 11) is 6.06. The lowest BCUT2D eigenvalue weighted by Crippen LogP contribution is -2.11. The van der Waals surface area contributed by atoms with Crippen molar-refractivity contribution in [3.8, 4) is 68.2 Å². The monoisotopic (exact) mass is 1020 g/mol. The summed E-state index contributed by atoms with van der Waals surface area (Å²) in [6.07, 6.45) is 8.30. The van der Waals surface area contributed by atoms with Crippen LogP contribution in [0.25, 0.3) is 90.9 Å². The molecule has 78 heavy (non-hydrogen) atoms. The Morgan fingerprint density at radius 3 is 1.24 bits per heavy atom. The van der Waals surface area contributed by atoms with E-state index in [9.17, 15) is 19.7 Å². The summed E-state index contributed by atoms with van der Waals surface area (Å²) >= 11 is 0. The predicted molar refractivity (Wildman–Crippen MR) is 309 cm³/mol. The zero-order chi connectivity index (χ0) is 53.9. The number of esters is 2. The van der Waals surface area contributed by atoms with Crippen molar-refractivity contribution in [1.29, 1.82) is 0 Å². The topological polar surface area (TPSA) is 156 Å². The highest BCUT2D eigenvalue weighted by atomic mass is 16.6. The molecule has 8 bridgehead atoms. The summed E-state index contributed by atoms with van der Waals surface area (Å²) in [5, 5.41) is 12.6. The van der Waals surface area contributed by atoms with Crippen molar-refractivity contribution in [2.75, 3.05) is 33.2 Å². The van der Waals surface area contributed by atoms with Gasteiger partial charge in [0.1, 0.15) is 5.56 Å². The lowest BCUT2D eigenvalue weighted by Gasteiger charge is -2.15. The normalized spacial score (nSPS) is 11.2. The highest BCUT2D eigenvalue weighted by Gasteiger charge is 2.21. The SMILES string of the molecule is COC(=O)c1cc(C#Cc2cc(N(C)C)c(C#Cc3ccc(-c4c5nc(c(-c6ccccc6)c6ccc([nH]6)c(-c6ccccc6)c6nc(c(-c7ccccc7)c7ccc4[nH]7)C=C6)C=C5)cc3)cc2[N+](=O)[O-])cc(C(=O)OC)c1. The number of nitrogens with one attached hydrogen (secondary N) is 2. The number of nitro benzene ring substituents is 1. The van der Waals surface area contributed by atoms with Crippen LogP contribution in [0, 0.1) is 33.8 Å². The highest BCUT2D eigenvalue weighted by Crippen LogP contribution is 2.39. The van der Waals surface area contributed by atoms with E-state index < -0.39 is 16.9 Å². The Morgan fingerprint density at radius 2 is 0.859 bits per heavy atom. The quantitative estimate of drug-likeness (QED) is 0.0654. The molecule has 6 aromatic carbocycles. The molecule has 3 aromatic heterocycles. The minimum absolute atomic E-state index is 0.0720. The second kappa shape index (κ2) is 21.2. The number of anilines is 1. The van der Waals surface area contributed by atoms with Gasteiger partial charge in [0.25, 0.3) is 5.69 Å². The van der Waals surface area contributed by atoms with Crippen molar-refractivity contribution in [3.63, 3.8) is 0 Å². The van der Waals surface area contributed by atoms with Crippen LogP contribution < -0.4 is 4.90 Å². The zero-order valence-corrected chi connectivity index (χ0v) is 42.7. The van der Waals surface area contributed by atoms with E-state index in [0.717, 1.165) is 89.4 Å². The summed E-state index contributed by atoms with van der Waals surface area (Å²) in [6, 6.07) is 54.4. The Hall–Kier alpha value is -10.8. The van der Waals surface area contributed by atoms with Crippen LogP contribution in [0.15, 0.2) is 170 Å². The molecule has 0 saturated carbocycles. The van der Waals surface area contributed by atoms with E-state index in [1.54, 1.807) is 11.0 Å². The molecular formula is C66H46N6O6. The molecule has 0 aliphatic carbocycles. The number of benzene rings is 6. The van der Waals surface area contributed by atoms with E-state index in [1.165, 1.54) is 38.5 Å². The first-order valence-corrected chi connectivity index (χ1v) is 24.8. The van der Waals surface area contributed by atoms with Crippen molar-refractivity contribution in [1.82, 2.24) is 19.9 Å². The minimum Gasteiger partial charge on any atom is -0.465 e. The van der Waals surface area contributed by atoms with Gasteiger partial charge in [0, 0.05) is 75.6 Å². The van der Waals surface area contributed by atoms with E-state index in [4.69, 9.17) is 19.4 Å². The van der Waals surface area contributed by atoms with Crippen molar-refractivity contribution in [3.05, 3.63) is 236 Å². The number of carbonyl (C=O) groups excluding carboxylic acids is 2. The summed E-state index contributed by atoms with van der Waals surface area (Å²) in [5.41, 5.74) is 16.3. The van der Waals surface area contributed by atoms with Gasteiger partial charge >= 0.3 is 11.9 Å². The fourth-order valence-corrected chi connectivity index (χ4v) is 9.70. The van der Waals surface area contributed by atoms with Gasteiger partial charge in [-0.3, -0.25) is 10.1 Å². The number of fused-ring (bicyclic) bond motifs is 8. The first kappa shape index (κ1) is 49.4. The highest BCUT2D eigenvalue weighted by molar-refractivity contribution is 6.00. The molecule has 2 aliphatic heterocycles. The number of rotatable bonds is 8. The number of methoxy groups -OCH3 is 2. The van der Waals surface area contributed by atoms with Gasteiger partial charge in [-0.05, 0) is 107 Å². The number of H-pyrrole nitrogens is 2. The average molecular weight is 1020 g/mol. The molecule has 376 valence electrons. The second-order valence-corrected chi connectivity index (χ2v) is 18.5. The third-order valence-electron chi connectivity index (χ3n) is 13.4. The molecule has 0 saturated heterocycles. The number of ether oxygens (including phenoxy) is 2. The Balaban J connectivity index is 1.06. The molecule has 11 rings (SSSR count). The van der Waals surface area contributed by atoms with Crippen LogP contribution in [-0.4, -0.2) is 65.1 Å². The Bertz CT molecular complexity index is 4200. The summed E-state index contributed by atoms with van der Waals surface area (Å²) in [4.78, 5) is 57.2. The van der Waals surface area contributed by atoms with Gasteiger partial charge < -0.3 is 24.3 Å². The molecule has 5 heterocycles. The standard InChI is InChI=1S/C66H46N6O6/c1-71(2)59-39-48(27-23-42-36-49(65(73)77-3)38-50(37-42)66(74)78-4)60(72(75)76)40-47(59)26-22-41-20-24-46(25-21-41)64-57-34-32-55(69-57)62(44-16-10-6-11-17-44)53-30-28-51(67-53)61(43-14-8-5-9-15-43)52-29-31-54(68-52)63(45-18-12-7-13-19-45)56-33-35-58(64)70-56/h5-21,24-25,28-40,67,70H,1-4H3. The largest absolute Gasteiger partial charge is 0.465 e. The van der Waals surface area contributed by atoms with Gasteiger partial charge in [0.05, 0.1) is 64.3 Å². The lowest BCUT2D eigenvalue weighted by atomic mass is 10.0. The molecule has 12 nitrogen and oxygen atoms in total. The van der Waals surface area contributed by atoms with Gasteiger partial charge in [0.15, 0.2) is 0 Å². The Morgan fingerprint density at radius 1 is 0.474 bits per heavy atom. The van der Waals surface area contributed by atoms with E-state index in [0.29, 0.717) is 16.8 Å². The van der Waals surface area contributed by atoms with Crippen LogP contribution in [0.5, 0.6) is 0 Å². The maximum Gasteiger partial charge on any atom is 0.337 e. The number of aromatic amines is 2. The average Bonchev–Trinajstić information content (AvgIpc) is 4.37. The van der Waals surface area contributed by atoms with Crippen LogP contribution in [0.1, 0.15) is 65.7 Å². The fourth-order valence-electron chi connectivity index (χ4n) is 9.70. The molecular weight excluding hydrogens is 973 g/mol. The molecule has 0 unspecified atom stereocenters. The van der Waals surface area contributed by atoms with Crippen molar-refractivity contribution < 1.29 is 24.0 Å². The smallest absolute Gasteiger partial charge is 0.337 e. The maximum absolute atomic E-state index is 12.6. The molecule has 0 fully saturated rings. The molecule has 0 atom stereocenters. The molecule has 0 spiro atoms. The number of carbonyl (C=O) groups is 2. The van der Waals surface area contributed by atoms with Crippen LogP contribution in [-0.2, 0) is 9.47 Å². The number of hydrogen-bond acceptors (Lipinski definition) is 9. The predicted octanol–water partition coefficient (Wildman–Crippen LogP) is 13.7. The third-order valence-corrected chi connectivity index (χ3v) is 13.4. The van der Waals surface area contributed by atoms with Crippen molar-refractivity contribution >= 4 is 69.7 Å². The summed E-state index contributed by atoms with van der Waals surface area (Å²) < 4.78 is 9.72. The van der Waals surface area contributed by atoms with Crippen LogP contribution in [0.4, 0.5) is 11.4 Å². The van der Waals surface area contributed by atoms with Gasteiger partial charge in [-0.2, -0.15) is 0 Å². The molecule has 2 N–H and O–H groups in total. The van der Waals surface area contributed by atoms with Crippen LogP contribution in [0.2, 0.25) is 0 Å². The summed E-state index contributed by atoms with van der Waals surface area (Å²) in [6.45, 7) is 0. The number of hydrogen-bond donors (Lipinski definition) is 2. The van der Waals surface area contributed by atoms with Crippen molar-refractivity contribution in [2.24, 2.45) is 0 Å². The van der Waals surface area contributed by atoms with Gasteiger partial charge in [-0.15, -0.1) is 0 Å². The van der Waals surface area contributed by atoms with E-state index in [-0.39, 0.29) is 27.9 Å². The van der Waals surface area contributed by atoms with Crippen LogP contribution >= 0.6 is 0 Å². The zero-order valence-electron chi connectivity index (χ0n) is 42.7. The Labute approximate surface area is 449 Å². The summed E-state index contributed by atoms with van der Waals surface area (Å²) in [5.74, 6) is 10.8. The maximum atomic E-state index is 12.6. The number of aromatic nitrogens is 4. The van der Waals surface area contributed by atoms with Crippen molar-refractivity contribution in [2.45, 2.75) is 0 Å². The van der Waals surface area contributed by atoms with Gasteiger partial charge in [0.2, 0.25) is 0 Å². The molecule has 0 radical (unpaired) electrons. The molecule has 9 aromatic rings. The molecule has 0 amide bonds. The van der Waals surface area contributed by atoms with Gasteiger partial charge in [-0.25, -0.2) is 19.6 Å². The molecule has 2 aliphatic rings. The minimum atomic E-state index is -0.684. The lowest BCUT2D eigenvalue weighted by molar-refractivity contribution is -0.385. The van der Waals surface area contributed by atoms with Crippen LogP contribution in [0.3, 0.4) is 0 Å². The first-order valence-electron chi connectivity index (χ1n) is 24.8.